The van der Waals surface area contributed by atoms with Gasteiger partial charge in [-0.25, -0.2) is 0 Å². The van der Waals surface area contributed by atoms with Crippen LogP contribution in [0.2, 0.25) is 0 Å². The van der Waals surface area contributed by atoms with E-state index in [1.807, 2.05) is 0 Å². The molecule has 0 bridgehead atoms. The molecule has 4 fully saturated rings. The van der Waals surface area contributed by atoms with Crippen LogP contribution in [0, 0.1) is 46.3 Å². The number of aliphatic hydroxyl groups is 1. The molecule has 29 heavy (non-hydrogen) atoms. The first-order valence-electron chi connectivity index (χ1n) is 13.0. The van der Waals surface area contributed by atoms with Crippen LogP contribution in [0.1, 0.15) is 112 Å². The Hall–Kier alpha value is 0.250. The second-order valence-corrected chi connectivity index (χ2v) is 13.3. The van der Waals surface area contributed by atoms with Crippen LogP contribution in [-0.4, -0.2) is 16.1 Å². The monoisotopic (exact) mass is 422 g/mol. The van der Waals surface area contributed by atoms with E-state index in [0.29, 0.717) is 16.7 Å². The van der Waals surface area contributed by atoms with Gasteiger partial charge >= 0.3 is 0 Å². The smallest absolute Gasteiger partial charge is 0.0543 e. The molecule has 0 heterocycles. The van der Waals surface area contributed by atoms with Crippen LogP contribution in [0.5, 0.6) is 0 Å². The summed E-state index contributed by atoms with van der Waals surface area (Å²) in [7, 11) is 0. The van der Waals surface area contributed by atoms with E-state index < -0.39 is 0 Å². The summed E-state index contributed by atoms with van der Waals surface area (Å²) in [5.74, 6) is 4.78. The van der Waals surface area contributed by atoms with Crippen molar-refractivity contribution in [2.75, 3.05) is 0 Å². The van der Waals surface area contributed by atoms with Gasteiger partial charge in [-0.15, -0.1) is 11.6 Å². The quantitative estimate of drug-likeness (QED) is 0.447. The number of aliphatic hydroxyl groups excluding tert-OH is 1. The molecule has 2 heteroatoms. The van der Waals surface area contributed by atoms with Crippen LogP contribution in [-0.2, 0) is 0 Å². The Kier molecular flexibility index (Phi) is 6.18. The lowest BCUT2D eigenvalue weighted by Crippen LogP contribution is -2.56. The highest BCUT2D eigenvalue weighted by Crippen LogP contribution is 2.71. The summed E-state index contributed by atoms with van der Waals surface area (Å²) < 4.78 is 0. The molecule has 1 unspecified atom stereocenters. The Morgan fingerprint density at radius 3 is 2.34 bits per heavy atom. The third kappa shape index (κ3) is 3.53. The molecular formula is C27H47ClO. The Morgan fingerprint density at radius 1 is 0.897 bits per heavy atom. The molecule has 4 aliphatic rings. The molecule has 0 aromatic carbocycles. The maximum absolute atomic E-state index is 10.3. The van der Waals surface area contributed by atoms with E-state index in [1.54, 1.807) is 0 Å². The summed E-state index contributed by atoms with van der Waals surface area (Å²) in [5.41, 5.74) is 0.800. The van der Waals surface area contributed by atoms with Gasteiger partial charge in [-0.2, -0.15) is 0 Å². The molecule has 168 valence electrons. The number of hydrogen-bond donors (Lipinski definition) is 1. The van der Waals surface area contributed by atoms with E-state index in [1.165, 1.54) is 64.2 Å². The van der Waals surface area contributed by atoms with Crippen molar-refractivity contribution in [1.29, 1.82) is 0 Å². The van der Waals surface area contributed by atoms with Crippen molar-refractivity contribution >= 4 is 11.6 Å². The predicted molar refractivity (Wildman–Crippen MR) is 124 cm³/mol. The first-order valence-corrected chi connectivity index (χ1v) is 13.4. The lowest BCUT2D eigenvalue weighted by atomic mass is 9.44. The number of halogens is 1. The molecule has 0 spiro atoms. The highest BCUT2D eigenvalue weighted by molar-refractivity contribution is 6.25. The molecule has 4 aliphatic carbocycles. The topological polar surface area (TPSA) is 20.2 Å². The third-order valence-corrected chi connectivity index (χ3v) is 12.0. The number of rotatable bonds is 5. The van der Waals surface area contributed by atoms with Gasteiger partial charge in [-0.3, -0.25) is 0 Å². The molecule has 4 rings (SSSR count). The molecule has 1 nitrogen and oxygen atoms in total. The molecular weight excluding hydrogens is 376 g/mol. The fourth-order valence-corrected chi connectivity index (χ4v) is 9.58. The van der Waals surface area contributed by atoms with Gasteiger partial charge in [-0.05, 0) is 111 Å². The van der Waals surface area contributed by atoms with E-state index in [-0.39, 0.29) is 11.0 Å². The Morgan fingerprint density at radius 2 is 1.62 bits per heavy atom. The minimum Gasteiger partial charge on any atom is -0.393 e. The highest BCUT2D eigenvalue weighted by atomic mass is 35.5. The average Bonchev–Trinajstić information content (AvgIpc) is 2.94. The fraction of sp³-hybridized carbons (Fsp3) is 1.00. The van der Waals surface area contributed by atoms with Gasteiger partial charge in [0.15, 0.2) is 0 Å². The van der Waals surface area contributed by atoms with Gasteiger partial charge in [0.05, 0.1) is 11.0 Å². The van der Waals surface area contributed by atoms with Gasteiger partial charge < -0.3 is 5.11 Å². The number of fused-ring (bicyclic) bond motifs is 5. The minimum absolute atomic E-state index is 0.0140. The zero-order valence-corrected chi connectivity index (χ0v) is 20.6. The third-order valence-electron chi connectivity index (χ3n) is 11.0. The Balaban J connectivity index is 1.51. The van der Waals surface area contributed by atoms with Crippen molar-refractivity contribution in [2.45, 2.75) is 123 Å². The van der Waals surface area contributed by atoms with Gasteiger partial charge in [0.2, 0.25) is 0 Å². The summed E-state index contributed by atoms with van der Waals surface area (Å²) in [6.45, 7) is 12.3. The van der Waals surface area contributed by atoms with Gasteiger partial charge in [-0.1, -0.05) is 47.5 Å². The Labute approximate surface area is 185 Å². The van der Waals surface area contributed by atoms with E-state index in [9.17, 15) is 5.11 Å². The first kappa shape index (κ1) is 22.4. The summed E-state index contributed by atoms with van der Waals surface area (Å²) in [4.78, 5) is 0.0140. The number of hydrogen-bond acceptors (Lipinski definition) is 1. The van der Waals surface area contributed by atoms with Crippen LogP contribution in [0.3, 0.4) is 0 Å². The van der Waals surface area contributed by atoms with Crippen molar-refractivity contribution in [1.82, 2.24) is 0 Å². The average molecular weight is 423 g/mol. The zero-order valence-electron chi connectivity index (χ0n) is 19.9. The van der Waals surface area contributed by atoms with E-state index in [4.69, 9.17) is 11.6 Å². The van der Waals surface area contributed by atoms with Crippen molar-refractivity contribution in [3.63, 3.8) is 0 Å². The van der Waals surface area contributed by atoms with Gasteiger partial charge in [0.1, 0.15) is 0 Å². The van der Waals surface area contributed by atoms with Gasteiger partial charge in [0, 0.05) is 0 Å². The predicted octanol–water partition coefficient (Wildman–Crippen LogP) is 7.83. The van der Waals surface area contributed by atoms with Crippen LogP contribution in [0.25, 0.3) is 0 Å². The van der Waals surface area contributed by atoms with Crippen molar-refractivity contribution in [3.05, 3.63) is 0 Å². The van der Waals surface area contributed by atoms with Crippen LogP contribution < -0.4 is 0 Å². The summed E-state index contributed by atoms with van der Waals surface area (Å²) in [5, 5.41) is 10.3. The number of alkyl halides is 1. The standard InChI is InChI=1S/C27H47ClO/c1-18(2)7-6-8-19(3)27(28)16-13-24-22-10-9-20-17-21(29)11-14-25(20,4)23(22)12-15-26(24,27)5/h18-24,29H,6-17H2,1-5H3/t19-,20+,21?,22-,23+,24+,25+,26+,27+/m1/s1. The molecule has 0 aromatic rings. The summed E-state index contributed by atoms with van der Waals surface area (Å²) in [6, 6.07) is 0. The molecule has 0 amide bonds. The van der Waals surface area contributed by atoms with E-state index in [0.717, 1.165) is 42.4 Å². The van der Waals surface area contributed by atoms with Crippen molar-refractivity contribution in [3.8, 4) is 0 Å². The zero-order chi connectivity index (χ0) is 21.0. The molecule has 0 aliphatic heterocycles. The van der Waals surface area contributed by atoms with E-state index >= 15 is 0 Å². The summed E-state index contributed by atoms with van der Waals surface area (Å²) >= 11 is 7.64. The first-order chi connectivity index (χ1) is 13.6. The second-order valence-electron chi connectivity index (χ2n) is 12.7. The molecule has 1 N–H and O–H groups in total. The highest BCUT2D eigenvalue weighted by Gasteiger charge is 2.65. The molecule has 0 saturated heterocycles. The lowest BCUT2D eigenvalue weighted by molar-refractivity contribution is -0.126. The largest absolute Gasteiger partial charge is 0.393 e. The Bertz CT molecular complexity index is 589. The van der Waals surface area contributed by atoms with Crippen LogP contribution in [0.4, 0.5) is 0 Å². The minimum atomic E-state index is -0.0351. The SMILES string of the molecule is CC(C)CCC[C@@H](C)[C@@]1(Cl)CC[C@H]2[C@@H]3CC[C@H]4CC(O)CC[C@]4(C)[C@H]3CC[C@@]21C. The normalized spacial score (nSPS) is 50.7. The maximum Gasteiger partial charge on any atom is 0.0543 e. The second kappa shape index (κ2) is 7.99. The fourth-order valence-electron chi connectivity index (χ4n) is 9.13. The molecule has 4 saturated carbocycles. The van der Waals surface area contributed by atoms with Crippen LogP contribution >= 0.6 is 11.6 Å². The van der Waals surface area contributed by atoms with Gasteiger partial charge in [0.25, 0.3) is 0 Å². The van der Waals surface area contributed by atoms with Crippen molar-refractivity contribution in [2.24, 2.45) is 46.3 Å². The van der Waals surface area contributed by atoms with Crippen LogP contribution in [0.15, 0.2) is 0 Å². The molecule has 0 aromatic heterocycles. The lowest BCUT2D eigenvalue weighted by Gasteiger charge is -2.62. The molecule has 9 atom stereocenters. The maximum atomic E-state index is 10.3. The van der Waals surface area contributed by atoms with E-state index in [2.05, 4.69) is 34.6 Å². The van der Waals surface area contributed by atoms with Crippen molar-refractivity contribution < 1.29 is 5.11 Å². The summed E-state index contributed by atoms with van der Waals surface area (Å²) in [6.07, 6.45) is 15.3. The molecule has 0 radical (unpaired) electrons.